The van der Waals surface area contributed by atoms with Gasteiger partial charge >= 0.3 is 0 Å². The van der Waals surface area contributed by atoms with Crippen molar-refractivity contribution in [3.05, 3.63) is 47.3 Å². The monoisotopic (exact) mass is 429 g/mol. The van der Waals surface area contributed by atoms with Gasteiger partial charge in [0.25, 0.3) is 0 Å². The third kappa shape index (κ3) is 6.34. The van der Waals surface area contributed by atoms with Crippen LogP contribution in [-0.4, -0.2) is 24.9 Å². The molecule has 0 aromatic rings. The van der Waals surface area contributed by atoms with Crippen molar-refractivity contribution in [3.8, 4) is 0 Å². The Morgan fingerprint density at radius 1 is 1.13 bits per heavy atom. The minimum absolute atomic E-state index is 0.169. The van der Waals surface area contributed by atoms with Crippen LogP contribution in [0.15, 0.2) is 47.3 Å². The molecule has 2 nitrogen and oxygen atoms in total. The van der Waals surface area contributed by atoms with Gasteiger partial charge in [0.1, 0.15) is 11.9 Å². The van der Waals surface area contributed by atoms with E-state index in [0.717, 1.165) is 44.5 Å². The Kier molecular flexibility index (Phi) is 9.01. The van der Waals surface area contributed by atoms with Crippen LogP contribution in [0.25, 0.3) is 0 Å². The van der Waals surface area contributed by atoms with Crippen LogP contribution >= 0.6 is 0 Å². The van der Waals surface area contributed by atoms with Crippen molar-refractivity contribution in [1.82, 2.24) is 5.32 Å². The highest BCUT2D eigenvalue weighted by Gasteiger charge is 2.35. The number of halogens is 1. The summed E-state index contributed by atoms with van der Waals surface area (Å²) in [6, 6.07) is 0.626. The number of hydrogen-bond donors (Lipinski definition) is 1. The molecule has 0 saturated heterocycles. The highest BCUT2D eigenvalue weighted by atomic mass is 19.1. The summed E-state index contributed by atoms with van der Waals surface area (Å²) in [5.41, 5.74) is 2.52. The summed E-state index contributed by atoms with van der Waals surface area (Å²) in [7, 11) is 0. The first-order valence-corrected chi connectivity index (χ1v) is 12.7. The van der Waals surface area contributed by atoms with Crippen molar-refractivity contribution >= 4 is 0 Å². The van der Waals surface area contributed by atoms with Gasteiger partial charge in [0, 0.05) is 17.9 Å². The highest BCUT2D eigenvalue weighted by Crippen LogP contribution is 2.38. The molecular weight excluding hydrogens is 385 g/mol. The third-order valence-electron chi connectivity index (χ3n) is 7.43. The van der Waals surface area contributed by atoms with Gasteiger partial charge in [-0.3, -0.25) is 0 Å². The minimum Gasteiger partial charge on any atom is -0.496 e. The fourth-order valence-corrected chi connectivity index (χ4v) is 5.30. The Morgan fingerprint density at radius 3 is 2.52 bits per heavy atom. The number of unbranched alkanes of at least 4 members (excludes halogenated alkanes) is 1. The molecule has 0 aromatic heterocycles. The fourth-order valence-electron chi connectivity index (χ4n) is 5.30. The number of nitrogens with one attached hydrogen (secondary N) is 1. The largest absolute Gasteiger partial charge is 0.496 e. The number of rotatable bonds is 10. The summed E-state index contributed by atoms with van der Waals surface area (Å²) in [6.45, 7) is 12.0. The van der Waals surface area contributed by atoms with E-state index >= 15 is 0 Å². The van der Waals surface area contributed by atoms with E-state index in [1.165, 1.54) is 11.1 Å². The molecule has 0 radical (unpaired) electrons. The van der Waals surface area contributed by atoms with Crippen LogP contribution in [0.2, 0.25) is 0 Å². The van der Waals surface area contributed by atoms with Crippen molar-refractivity contribution < 1.29 is 9.13 Å². The molecule has 0 amide bonds. The summed E-state index contributed by atoms with van der Waals surface area (Å²) < 4.78 is 20.9. The molecule has 5 atom stereocenters. The van der Waals surface area contributed by atoms with Crippen LogP contribution in [0.3, 0.4) is 0 Å². The van der Waals surface area contributed by atoms with E-state index in [4.69, 9.17) is 4.74 Å². The molecule has 0 fully saturated rings. The molecule has 3 heteroatoms. The maximum absolute atomic E-state index is 14.5. The Balaban J connectivity index is 1.86. The zero-order valence-electron chi connectivity index (χ0n) is 20.4. The van der Waals surface area contributed by atoms with Gasteiger partial charge in [0.05, 0.1) is 12.6 Å². The SMILES string of the molecule is CCCCOC1=CC(C2C=C(CC)CC(F)C2)=CC(C(C)C)C1NC(C)C1CC=CC1. The van der Waals surface area contributed by atoms with Crippen LogP contribution in [0.1, 0.15) is 79.6 Å². The van der Waals surface area contributed by atoms with E-state index in [0.29, 0.717) is 36.6 Å². The van der Waals surface area contributed by atoms with E-state index in [9.17, 15) is 4.39 Å². The van der Waals surface area contributed by atoms with Crippen LogP contribution < -0.4 is 5.32 Å². The van der Waals surface area contributed by atoms with Crippen LogP contribution in [0.4, 0.5) is 4.39 Å². The predicted molar refractivity (Wildman–Crippen MR) is 130 cm³/mol. The summed E-state index contributed by atoms with van der Waals surface area (Å²) in [5, 5.41) is 3.95. The van der Waals surface area contributed by atoms with Crippen molar-refractivity contribution in [3.63, 3.8) is 0 Å². The topological polar surface area (TPSA) is 21.3 Å². The van der Waals surface area contributed by atoms with Crippen molar-refractivity contribution in [2.75, 3.05) is 6.61 Å². The smallest absolute Gasteiger partial charge is 0.114 e. The van der Waals surface area contributed by atoms with Gasteiger partial charge in [0.15, 0.2) is 0 Å². The minimum atomic E-state index is -0.730. The Hall–Kier alpha value is -1.35. The van der Waals surface area contributed by atoms with Gasteiger partial charge in [-0.25, -0.2) is 4.39 Å². The van der Waals surface area contributed by atoms with Crippen molar-refractivity contribution in [1.29, 1.82) is 0 Å². The lowest BCUT2D eigenvalue weighted by atomic mass is 9.75. The van der Waals surface area contributed by atoms with Gasteiger partial charge in [-0.1, -0.05) is 64.0 Å². The lowest BCUT2D eigenvalue weighted by Gasteiger charge is -2.38. The quantitative estimate of drug-likeness (QED) is 0.291. The van der Waals surface area contributed by atoms with Crippen molar-refractivity contribution in [2.24, 2.45) is 23.7 Å². The van der Waals surface area contributed by atoms with Gasteiger partial charge in [-0.15, -0.1) is 0 Å². The average Bonchev–Trinajstić information content (AvgIpc) is 3.29. The predicted octanol–water partition coefficient (Wildman–Crippen LogP) is 7.30. The van der Waals surface area contributed by atoms with Crippen LogP contribution in [0.5, 0.6) is 0 Å². The van der Waals surface area contributed by atoms with E-state index in [1.54, 1.807) is 0 Å². The molecule has 3 rings (SSSR count). The molecule has 3 aliphatic rings. The highest BCUT2D eigenvalue weighted by molar-refractivity contribution is 5.37. The molecule has 174 valence electrons. The zero-order valence-corrected chi connectivity index (χ0v) is 20.4. The molecule has 0 bridgehead atoms. The van der Waals surface area contributed by atoms with Gasteiger partial charge in [-0.05, 0) is 68.9 Å². The van der Waals surface area contributed by atoms with E-state index in [1.807, 2.05) is 0 Å². The molecule has 3 aliphatic carbocycles. The maximum atomic E-state index is 14.5. The summed E-state index contributed by atoms with van der Waals surface area (Å²) in [6.07, 6.45) is 17.6. The van der Waals surface area contributed by atoms with E-state index < -0.39 is 6.17 Å². The number of allylic oxidation sites excluding steroid dienone is 6. The molecule has 31 heavy (non-hydrogen) atoms. The van der Waals surface area contributed by atoms with Crippen LogP contribution in [-0.2, 0) is 4.74 Å². The molecule has 0 saturated carbocycles. The van der Waals surface area contributed by atoms with Crippen molar-refractivity contribution in [2.45, 2.75) is 97.8 Å². The Bertz CT molecular complexity index is 696. The first kappa shape index (κ1) is 24.3. The molecule has 0 aromatic carbocycles. The second-order valence-corrected chi connectivity index (χ2v) is 10.2. The average molecular weight is 430 g/mol. The maximum Gasteiger partial charge on any atom is 0.114 e. The molecule has 0 heterocycles. The summed E-state index contributed by atoms with van der Waals surface area (Å²) in [5.74, 6) is 2.74. The molecular formula is C28H44FNO. The number of alkyl halides is 1. The lowest BCUT2D eigenvalue weighted by Crippen LogP contribution is -2.48. The first-order chi connectivity index (χ1) is 14.9. The van der Waals surface area contributed by atoms with Gasteiger partial charge < -0.3 is 10.1 Å². The standard InChI is InChI=1S/C28H44FNO/c1-6-8-13-31-27-18-24(23-14-21(7-2)15-25(29)16-23)17-26(19(3)4)28(27)30-20(5)22-11-9-10-12-22/h9-10,14,17-20,22-23,25-26,28,30H,6-8,11-13,15-16H2,1-5H3. The molecule has 0 spiro atoms. The van der Waals surface area contributed by atoms with Crippen LogP contribution in [0, 0.1) is 23.7 Å². The first-order valence-electron chi connectivity index (χ1n) is 12.7. The number of ether oxygens (including phenoxy) is 1. The molecule has 5 unspecified atom stereocenters. The van der Waals surface area contributed by atoms with E-state index in [-0.39, 0.29) is 12.0 Å². The third-order valence-corrected chi connectivity index (χ3v) is 7.43. The lowest BCUT2D eigenvalue weighted by molar-refractivity contribution is 0.147. The second kappa shape index (κ2) is 11.5. The summed E-state index contributed by atoms with van der Waals surface area (Å²) in [4.78, 5) is 0. The van der Waals surface area contributed by atoms with Gasteiger partial charge in [-0.2, -0.15) is 0 Å². The van der Waals surface area contributed by atoms with E-state index in [2.05, 4.69) is 70.3 Å². The second-order valence-electron chi connectivity index (χ2n) is 10.2. The Morgan fingerprint density at radius 2 is 1.87 bits per heavy atom. The molecule has 0 aliphatic heterocycles. The Labute approximate surface area is 190 Å². The normalized spacial score (nSPS) is 30.2. The number of hydrogen-bond acceptors (Lipinski definition) is 2. The zero-order chi connectivity index (χ0) is 22.4. The van der Waals surface area contributed by atoms with Gasteiger partial charge in [0.2, 0.25) is 0 Å². The molecule has 1 N–H and O–H groups in total. The summed E-state index contributed by atoms with van der Waals surface area (Å²) >= 11 is 0. The fraction of sp³-hybridized carbons (Fsp3) is 0.714.